The molecule has 100 valence electrons. The van der Waals surface area contributed by atoms with E-state index < -0.39 is 10.2 Å². The van der Waals surface area contributed by atoms with Crippen molar-refractivity contribution in [3.63, 3.8) is 0 Å². The number of ether oxygens (including phenoxy) is 1. The number of rotatable bonds is 1. The van der Waals surface area contributed by atoms with Gasteiger partial charge in [-0.2, -0.15) is 0 Å². The first-order chi connectivity index (χ1) is 7.70. The summed E-state index contributed by atoms with van der Waals surface area (Å²) in [6.45, 7) is 6.48. The first kappa shape index (κ1) is 14.6. The molecule has 7 nitrogen and oxygen atoms in total. The van der Waals surface area contributed by atoms with Crippen LogP contribution in [0.1, 0.15) is 19.8 Å². The summed E-state index contributed by atoms with van der Waals surface area (Å²) in [5, 5.41) is 0. The molecule has 0 saturated carbocycles. The lowest BCUT2D eigenvalue weighted by atomic mass is 10.1. The number of piperidine rings is 1. The van der Waals surface area contributed by atoms with Gasteiger partial charge in [0.05, 0.1) is 6.54 Å². The number of nitrogens with zero attached hydrogens (tertiary/aromatic N) is 1. The van der Waals surface area contributed by atoms with Crippen LogP contribution in [-0.2, 0) is 9.53 Å². The summed E-state index contributed by atoms with van der Waals surface area (Å²) in [7, 11) is -4.94. The zero-order chi connectivity index (χ0) is 13.1. The normalized spacial score (nSPS) is 25.8. The molecule has 0 bridgehead atoms. The van der Waals surface area contributed by atoms with Gasteiger partial charge in [0.1, 0.15) is 19.6 Å². The highest BCUT2D eigenvalue weighted by Crippen LogP contribution is 2.29. The number of esters is 1. The van der Waals surface area contributed by atoms with Gasteiger partial charge in [-0.1, -0.05) is 0 Å². The Morgan fingerprint density at radius 1 is 1.24 bits per heavy atom. The standard InChI is InChI=1S/C9H16NO2.ClHO4/c1-8(11)12-9-3-2-4-10(7-9)5-6-10;2-1(3,4)5/h9H,2-7H2,1H3;(H,2,3,4,5)/q+1;/p-1/t9-;/m0./s1. The third-order valence-electron chi connectivity index (χ3n) is 2.94. The van der Waals surface area contributed by atoms with Crippen LogP contribution in [-0.4, -0.2) is 42.7 Å². The summed E-state index contributed by atoms with van der Waals surface area (Å²) in [4.78, 5) is 10.7. The van der Waals surface area contributed by atoms with Gasteiger partial charge >= 0.3 is 5.97 Å². The fourth-order valence-corrected chi connectivity index (χ4v) is 2.15. The number of carbonyl (C=O) groups is 1. The van der Waals surface area contributed by atoms with Gasteiger partial charge in [-0.25, -0.2) is 18.6 Å². The molecule has 0 amide bonds. The second-order valence-corrected chi connectivity index (χ2v) is 5.20. The van der Waals surface area contributed by atoms with Crippen molar-refractivity contribution in [3.05, 3.63) is 0 Å². The first-order valence-corrected chi connectivity index (χ1v) is 6.58. The Labute approximate surface area is 102 Å². The summed E-state index contributed by atoms with van der Waals surface area (Å²) in [5.41, 5.74) is 0. The number of quaternary nitrogens is 1. The molecule has 0 aliphatic carbocycles. The van der Waals surface area contributed by atoms with E-state index in [4.69, 9.17) is 23.4 Å². The second kappa shape index (κ2) is 5.47. The molecule has 2 rings (SSSR count). The van der Waals surface area contributed by atoms with Crippen molar-refractivity contribution in [3.8, 4) is 0 Å². The van der Waals surface area contributed by atoms with Crippen molar-refractivity contribution in [2.45, 2.75) is 25.9 Å². The van der Waals surface area contributed by atoms with Gasteiger partial charge in [-0.05, 0) is 6.42 Å². The third kappa shape index (κ3) is 6.77. The SMILES string of the molecule is CC(=O)O[C@H]1CCC[N+]2(CC2)C1.[O-][Cl+3]([O-])([O-])[O-]. The van der Waals surface area contributed by atoms with Crippen LogP contribution in [0.15, 0.2) is 0 Å². The van der Waals surface area contributed by atoms with E-state index in [1.807, 2.05) is 0 Å². The summed E-state index contributed by atoms with van der Waals surface area (Å²) >= 11 is 0. The average Bonchev–Trinajstić information content (AvgIpc) is 2.80. The van der Waals surface area contributed by atoms with Gasteiger partial charge in [0.15, 0.2) is 6.10 Å². The molecule has 2 saturated heterocycles. The van der Waals surface area contributed by atoms with Crippen molar-refractivity contribution in [1.82, 2.24) is 0 Å². The maximum Gasteiger partial charge on any atom is 0.303 e. The van der Waals surface area contributed by atoms with Crippen molar-refractivity contribution >= 4 is 5.97 Å². The van der Waals surface area contributed by atoms with Gasteiger partial charge in [-0.15, -0.1) is 10.2 Å². The largest absolute Gasteiger partial charge is 0.457 e. The molecule has 2 fully saturated rings. The van der Waals surface area contributed by atoms with E-state index in [0.29, 0.717) is 0 Å². The molecule has 2 aliphatic rings. The van der Waals surface area contributed by atoms with E-state index in [9.17, 15) is 4.79 Å². The fraction of sp³-hybridized carbons (Fsp3) is 0.889. The number of halogens is 1. The molecule has 0 N–H and O–H groups in total. The summed E-state index contributed by atoms with van der Waals surface area (Å²) in [6.07, 6.45) is 2.50. The van der Waals surface area contributed by atoms with Gasteiger partial charge in [0, 0.05) is 13.3 Å². The minimum absolute atomic E-state index is 0.123. The first-order valence-electron chi connectivity index (χ1n) is 5.34. The minimum Gasteiger partial charge on any atom is -0.457 e. The molecule has 2 heterocycles. The second-order valence-electron chi connectivity index (χ2n) is 4.45. The maximum atomic E-state index is 10.7. The quantitative estimate of drug-likeness (QED) is 0.270. The molecule has 1 spiro atoms. The van der Waals surface area contributed by atoms with E-state index in [1.165, 1.54) is 37.5 Å². The predicted octanol–water partition coefficient (Wildman–Crippen LogP) is -4.21. The molecule has 17 heavy (non-hydrogen) atoms. The van der Waals surface area contributed by atoms with Crippen molar-refractivity contribution in [2.75, 3.05) is 26.2 Å². The molecule has 2 aliphatic heterocycles. The van der Waals surface area contributed by atoms with Crippen LogP contribution >= 0.6 is 0 Å². The highest BCUT2D eigenvalue weighted by atomic mass is 35.7. The molecule has 0 unspecified atom stereocenters. The number of hydrogen-bond donors (Lipinski definition) is 0. The highest BCUT2D eigenvalue weighted by molar-refractivity contribution is 5.66. The minimum atomic E-state index is -4.94. The molecule has 0 aromatic rings. The predicted molar refractivity (Wildman–Crippen MR) is 44.5 cm³/mol. The van der Waals surface area contributed by atoms with Gasteiger partial charge in [0.25, 0.3) is 0 Å². The molecular formula is C9H16ClNO6. The average molecular weight is 270 g/mol. The van der Waals surface area contributed by atoms with Crippen LogP contribution in [0.2, 0.25) is 0 Å². The summed E-state index contributed by atoms with van der Waals surface area (Å²) in [5.74, 6) is -0.123. The molecule has 0 radical (unpaired) electrons. The Hall–Kier alpha value is -0.440. The monoisotopic (exact) mass is 269 g/mol. The van der Waals surface area contributed by atoms with Gasteiger partial charge in [-0.3, -0.25) is 4.79 Å². The Morgan fingerprint density at radius 2 is 1.76 bits per heavy atom. The molecule has 8 heteroatoms. The number of carbonyl (C=O) groups excluding carboxylic acids is 1. The Kier molecular flexibility index (Phi) is 4.70. The molecular weight excluding hydrogens is 254 g/mol. The van der Waals surface area contributed by atoms with E-state index in [2.05, 4.69) is 0 Å². The molecule has 0 aromatic heterocycles. The smallest absolute Gasteiger partial charge is 0.303 e. The van der Waals surface area contributed by atoms with Crippen molar-refractivity contribution < 1.29 is 42.9 Å². The Morgan fingerprint density at radius 3 is 2.18 bits per heavy atom. The van der Waals surface area contributed by atoms with Crippen LogP contribution in [0.4, 0.5) is 0 Å². The summed E-state index contributed by atoms with van der Waals surface area (Å²) < 4.78 is 40.4. The van der Waals surface area contributed by atoms with Crippen LogP contribution in [0.3, 0.4) is 0 Å². The maximum absolute atomic E-state index is 10.7. The lowest BCUT2D eigenvalue weighted by molar-refractivity contribution is -2.00. The van der Waals surface area contributed by atoms with Crippen LogP contribution < -0.4 is 18.6 Å². The van der Waals surface area contributed by atoms with Crippen molar-refractivity contribution in [1.29, 1.82) is 0 Å². The topological polar surface area (TPSA) is 119 Å². The zero-order valence-corrected chi connectivity index (χ0v) is 10.4. The van der Waals surface area contributed by atoms with E-state index >= 15 is 0 Å². The van der Waals surface area contributed by atoms with Gasteiger partial charge < -0.3 is 9.22 Å². The zero-order valence-electron chi connectivity index (χ0n) is 9.59. The van der Waals surface area contributed by atoms with Gasteiger partial charge in [0.2, 0.25) is 0 Å². The van der Waals surface area contributed by atoms with E-state index in [-0.39, 0.29) is 12.1 Å². The van der Waals surface area contributed by atoms with Crippen LogP contribution in [0.25, 0.3) is 0 Å². The molecule has 1 atom stereocenters. The lowest BCUT2D eigenvalue weighted by Gasteiger charge is -2.29. The Balaban J connectivity index is 0.000000249. The van der Waals surface area contributed by atoms with Crippen molar-refractivity contribution in [2.24, 2.45) is 0 Å². The van der Waals surface area contributed by atoms with Crippen LogP contribution in [0.5, 0.6) is 0 Å². The number of hydrogen-bond acceptors (Lipinski definition) is 6. The Bertz CT molecular complexity index is 269. The fourth-order valence-electron chi connectivity index (χ4n) is 2.15. The molecule has 0 aromatic carbocycles. The van der Waals surface area contributed by atoms with E-state index in [1.54, 1.807) is 0 Å². The highest BCUT2D eigenvalue weighted by Gasteiger charge is 2.46. The lowest BCUT2D eigenvalue weighted by Crippen LogP contribution is -2.68. The summed E-state index contributed by atoms with van der Waals surface area (Å²) in [6, 6.07) is 0. The third-order valence-corrected chi connectivity index (χ3v) is 2.94. The van der Waals surface area contributed by atoms with Crippen LogP contribution in [0, 0.1) is 10.2 Å². The van der Waals surface area contributed by atoms with E-state index in [0.717, 1.165) is 13.0 Å².